The third-order valence-corrected chi connectivity index (χ3v) is 8.03. The predicted octanol–water partition coefficient (Wildman–Crippen LogP) is 5.52. The summed E-state index contributed by atoms with van der Waals surface area (Å²) in [6.45, 7) is 7.82. The topological polar surface area (TPSA) is 69.7 Å². The van der Waals surface area contributed by atoms with Gasteiger partial charge in [-0.3, -0.25) is 9.59 Å². The molecule has 0 aromatic heterocycles. The van der Waals surface area contributed by atoms with Gasteiger partial charge in [0.2, 0.25) is 0 Å². The van der Waals surface area contributed by atoms with Gasteiger partial charge < -0.3 is 15.1 Å². The molecule has 8 heteroatoms. The number of benzene rings is 3. The first-order valence-corrected chi connectivity index (χ1v) is 14.2. The number of amides is 2. The highest BCUT2D eigenvalue weighted by atomic mass is 35.5. The highest BCUT2D eigenvalue weighted by molar-refractivity contribution is 7.85. The van der Waals surface area contributed by atoms with Crippen LogP contribution in [0.4, 0.5) is 5.69 Å². The van der Waals surface area contributed by atoms with Crippen molar-refractivity contribution < 1.29 is 13.8 Å². The maximum atomic E-state index is 13.7. The summed E-state index contributed by atoms with van der Waals surface area (Å²) < 4.78 is 13.6. The number of carbonyl (C=O) groups excluding carboxylic acids is 2. The van der Waals surface area contributed by atoms with Crippen molar-refractivity contribution in [1.82, 2.24) is 10.2 Å². The van der Waals surface area contributed by atoms with Gasteiger partial charge in [0.1, 0.15) is 0 Å². The third kappa shape index (κ3) is 6.29. The van der Waals surface area contributed by atoms with Gasteiger partial charge in [-0.2, -0.15) is 0 Å². The normalized spacial score (nSPS) is 14.8. The number of hydrogen-bond donors (Lipinski definition) is 1. The van der Waals surface area contributed by atoms with Crippen molar-refractivity contribution in [1.29, 1.82) is 0 Å². The van der Waals surface area contributed by atoms with Gasteiger partial charge in [0.05, 0.1) is 38.4 Å². The van der Waals surface area contributed by atoms with Gasteiger partial charge in [0, 0.05) is 23.7 Å². The number of halogens is 1. The molecule has 0 fully saturated rings. The van der Waals surface area contributed by atoms with Crippen LogP contribution in [-0.4, -0.2) is 47.1 Å². The number of rotatable bonds is 10. The van der Waals surface area contributed by atoms with Crippen molar-refractivity contribution in [2.75, 3.05) is 31.1 Å². The molecule has 3 aromatic rings. The predicted molar refractivity (Wildman–Crippen MR) is 149 cm³/mol. The molecule has 0 saturated heterocycles. The van der Waals surface area contributed by atoms with Crippen molar-refractivity contribution in [3.8, 4) is 0 Å². The summed E-state index contributed by atoms with van der Waals surface area (Å²) >= 11 is 6.20. The van der Waals surface area contributed by atoms with Crippen LogP contribution in [0.5, 0.6) is 0 Å². The third-order valence-electron chi connectivity index (χ3n) is 6.30. The number of fused-ring (bicyclic) bond motifs is 2. The van der Waals surface area contributed by atoms with Crippen LogP contribution in [-0.2, 0) is 17.3 Å². The van der Waals surface area contributed by atoms with Crippen molar-refractivity contribution in [2.24, 2.45) is 0 Å². The van der Waals surface area contributed by atoms with E-state index < -0.39 is 10.8 Å². The lowest BCUT2D eigenvalue weighted by Crippen LogP contribution is -2.36. The SMILES string of the molecule is CCCN(CCC)CCNC(=O)c1ccc2c(c1)N(Cc1cccc(Cl)c1)C(=O)c1ccccc1S2=O. The summed E-state index contributed by atoms with van der Waals surface area (Å²) in [5.41, 5.74) is 2.10. The Kier molecular flexibility index (Phi) is 9.14. The minimum absolute atomic E-state index is 0.224. The van der Waals surface area contributed by atoms with Gasteiger partial charge in [-0.15, -0.1) is 0 Å². The first-order chi connectivity index (χ1) is 17.9. The zero-order chi connectivity index (χ0) is 26.4. The summed E-state index contributed by atoms with van der Waals surface area (Å²) in [5, 5.41) is 3.57. The Balaban J connectivity index is 1.65. The molecule has 6 nitrogen and oxygen atoms in total. The zero-order valence-corrected chi connectivity index (χ0v) is 22.8. The zero-order valence-electron chi connectivity index (χ0n) is 21.2. The Labute approximate surface area is 226 Å². The Morgan fingerprint density at radius 3 is 2.43 bits per heavy atom. The highest BCUT2D eigenvalue weighted by Gasteiger charge is 2.31. The van der Waals surface area contributed by atoms with E-state index in [2.05, 4.69) is 24.1 Å². The molecule has 0 bridgehead atoms. The standard InChI is InChI=1S/C29H32ClN3O3S/c1-3-15-32(16-4-2)17-14-31-28(34)22-12-13-27-25(19-22)33(20-21-8-7-9-23(30)18-21)29(35)24-10-5-6-11-26(24)37(27)36/h5-13,18-19H,3-4,14-17,20H2,1-2H3,(H,31,34). The largest absolute Gasteiger partial charge is 0.351 e. The van der Waals surface area contributed by atoms with Crippen molar-refractivity contribution >= 4 is 39.9 Å². The van der Waals surface area contributed by atoms with Crippen LogP contribution in [0.2, 0.25) is 5.02 Å². The van der Waals surface area contributed by atoms with Gasteiger partial charge >= 0.3 is 0 Å². The Bertz CT molecular complexity index is 1310. The van der Waals surface area contributed by atoms with Crippen LogP contribution in [0.25, 0.3) is 0 Å². The summed E-state index contributed by atoms with van der Waals surface area (Å²) in [6.07, 6.45) is 2.13. The minimum Gasteiger partial charge on any atom is -0.351 e. The molecule has 1 atom stereocenters. The molecule has 0 radical (unpaired) electrons. The molecule has 194 valence electrons. The molecule has 0 saturated carbocycles. The molecule has 1 unspecified atom stereocenters. The Hall–Kier alpha value is -3.00. The Morgan fingerprint density at radius 1 is 0.946 bits per heavy atom. The summed E-state index contributed by atoms with van der Waals surface area (Å²) in [5.74, 6) is -0.492. The fraction of sp³-hybridized carbons (Fsp3) is 0.310. The van der Waals surface area contributed by atoms with Gasteiger partial charge in [-0.05, 0) is 74.0 Å². The van der Waals surface area contributed by atoms with E-state index >= 15 is 0 Å². The van der Waals surface area contributed by atoms with E-state index in [1.807, 2.05) is 12.1 Å². The molecule has 1 N–H and O–H groups in total. The number of carbonyl (C=O) groups is 2. The lowest BCUT2D eigenvalue weighted by atomic mass is 10.1. The summed E-state index contributed by atoms with van der Waals surface area (Å²) in [7, 11) is -1.58. The average Bonchev–Trinajstić information content (AvgIpc) is 2.98. The molecule has 0 aliphatic carbocycles. The molecular formula is C29H32ClN3O3S. The van der Waals surface area contributed by atoms with Gasteiger partial charge in [-0.1, -0.05) is 49.7 Å². The number of nitrogens with zero attached hydrogens (tertiary/aromatic N) is 2. The summed E-state index contributed by atoms with van der Waals surface area (Å²) in [6, 6.07) is 19.3. The number of anilines is 1. The quantitative estimate of drug-likeness (QED) is 0.370. The maximum Gasteiger partial charge on any atom is 0.259 e. The highest BCUT2D eigenvalue weighted by Crippen LogP contribution is 2.36. The van der Waals surface area contributed by atoms with Gasteiger partial charge in [0.15, 0.2) is 0 Å². The van der Waals surface area contributed by atoms with E-state index in [0.717, 1.165) is 38.0 Å². The molecular weight excluding hydrogens is 506 g/mol. The number of nitrogens with one attached hydrogen (secondary N) is 1. The van der Waals surface area contributed by atoms with Crippen molar-refractivity contribution in [2.45, 2.75) is 43.0 Å². The van der Waals surface area contributed by atoms with E-state index in [0.29, 0.717) is 38.2 Å². The molecule has 1 heterocycles. The lowest BCUT2D eigenvalue weighted by Gasteiger charge is -2.24. The molecule has 4 rings (SSSR count). The molecule has 1 aliphatic rings. The fourth-order valence-electron chi connectivity index (χ4n) is 4.58. The lowest BCUT2D eigenvalue weighted by molar-refractivity contribution is 0.0945. The monoisotopic (exact) mass is 537 g/mol. The maximum absolute atomic E-state index is 13.7. The van der Waals surface area contributed by atoms with E-state index in [1.54, 1.807) is 59.5 Å². The Morgan fingerprint density at radius 2 is 1.70 bits per heavy atom. The smallest absolute Gasteiger partial charge is 0.259 e. The van der Waals surface area contributed by atoms with E-state index in [-0.39, 0.29) is 18.4 Å². The van der Waals surface area contributed by atoms with Crippen LogP contribution >= 0.6 is 11.6 Å². The second-order valence-corrected chi connectivity index (χ2v) is 10.9. The van der Waals surface area contributed by atoms with Crippen LogP contribution in [0.15, 0.2) is 76.5 Å². The van der Waals surface area contributed by atoms with Crippen LogP contribution in [0.3, 0.4) is 0 Å². The fourth-order valence-corrected chi connectivity index (χ4v) is 6.13. The first kappa shape index (κ1) is 27.0. The molecule has 37 heavy (non-hydrogen) atoms. The van der Waals surface area contributed by atoms with Crippen molar-refractivity contribution in [3.05, 3.63) is 88.4 Å². The van der Waals surface area contributed by atoms with E-state index in [4.69, 9.17) is 11.6 Å². The summed E-state index contributed by atoms with van der Waals surface area (Å²) in [4.78, 5) is 31.7. The molecule has 1 aliphatic heterocycles. The van der Waals surface area contributed by atoms with Crippen LogP contribution < -0.4 is 10.2 Å². The van der Waals surface area contributed by atoms with E-state index in [9.17, 15) is 13.8 Å². The van der Waals surface area contributed by atoms with Gasteiger partial charge in [0.25, 0.3) is 11.8 Å². The van der Waals surface area contributed by atoms with E-state index in [1.165, 1.54) is 0 Å². The first-order valence-electron chi connectivity index (χ1n) is 12.6. The second kappa shape index (κ2) is 12.5. The molecule has 3 aromatic carbocycles. The minimum atomic E-state index is -1.58. The van der Waals surface area contributed by atoms with Gasteiger partial charge in [-0.25, -0.2) is 4.21 Å². The van der Waals surface area contributed by atoms with Crippen molar-refractivity contribution in [3.63, 3.8) is 0 Å². The van der Waals surface area contributed by atoms with Crippen LogP contribution in [0.1, 0.15) is 53.0 Å². The number of hydrogen-bond acceptors (Lipinski definition) is 4. The van der Waals surface area contributed by atoms with Crippen LogP contribution in [0, 0.1) is 0 Å². The molecule has 2 amide bonds. The molecule has 0 spiro atoms. The second-order valence-electron chi connectivity index (χ2n) is 9.07. The average molecular weight is 538 g/mol.